The molecule has 2 N–H and O–H groups in total. The average Bonchev–Trinajstić information content (AvgIpc) is 2.91. The van der Waals surface area contributed by atoms with Crippen LogP contribution in [0.1, 0.15) is 19.3 Å². The predicted octanol–water partition coefficient (Wildman–Crippen LogP) is 0.709. The smallest absolute Gasteiger partial charge is 0.306 e. The molecule has 1 aliphatic heterocycles. The zero-order valence-corrected chi connectivity index (χ0v) is 11.7. The molecule has 0 radical (unpaired) electrons. The van der Waals surface area contributed by atoms with Crippen LogP contribution in [0.4, 0.5) is 11.9 Å². The third-order valence-electron chi connectivity index (χ3n) is 2.77. The number of hydrogen-bond acceptors (Lipinski definition) is 8. The van der Waals surface area contributed by atoms with Gasteiger partial charge in [-0.15, -0.1) is 0 Å². The number of ether oxygens (including phenoxy) is 1. The number of anilines is 2. The van der Waals surface area contributed by atoms with Gasteiger partial charge in [-0.2, -0.15) is 15.0 Å². The highest BCUT2D eigenvalue weighted by Gasteiger charge is 2.17. The van der Waals surface area contributed by atoms with E-state index in [1.54, 1.807) is 0 Å². The molecule has 0 unspecified atom stereocenters. The second-order valence-electron chi connectivity index (χ2n) is 4.14. The number of hydrogen-bond donors (Lipinski definition) is 1. The highest BCUT2D eigenvalue weighted by Crippen LogP contribution is 2.21. The van der Waals surface area contributed by atoms with Gasteiger partial charge < -0.3 is 15.4 Å². The van der Waals surface area contributed by atoms with Crippen molar-refractivity contribution in [3.63, 3.8) is 0 Å². The van der Waals surface area contributed by atoms with Crippen molar-refractivity contribution >= 4 is 29.6 Å². The van der Waals surface area contributed by atoms with Crippen LogP contribution in [0, 0.1) is 0 Å². The largest absolute Gasteiger partial charge is 0.469 e. The quantitative estimate of drug-likeness (QED) is 0.623. The first-order chi connectivity index (χ1) is 9.19. The van der Waals surface area contributed by atoms with Crippen LogP contribution >= 0.6 is 11.8 Å². The predicted molar refractivity (Wildman–Crippen MR) is 73.0 cm³/mol. The Hall–Kier alpha value is -1.57. The lowest BCUT2D eigenvalue weighted by Gasteiger charge is -2.15. The Morgan fingerprint density at radius 2 is 2.11 bits per heavy atom. The molecule has 0 spiro atoms. The first-order valence-electron chi connectivity index (χ1n) is 6.15. The highest BCUT2D eigenvalue weighted by atomic mass is 32.2. The summed E-state index contributed by atoms with van der Waals surface area (Å²) in [4.78, 5) is 25.7. The Kier molecular flexibility index (Phi) is 4.78. The van der Waals surface area contributed by atoms with Gasteiger partial charge in [0.2, 0.25) is 11.9 Å². The Balaban J connectivity index is 1.98. The van der Waals surface area contributed by atoms with Crippen LogP contribution in [0.25, 0.3) is 0 Å². The van der Waals surface area contributed by atoms with Gasteiger partial charge in [-0.25, -0.2) is 0 Å². The van der Waals surface area contributed by atoms with Gasteiger partial charge in [-0.3, -0.25) is 4.79 Å². The second-order valence-corrected chi connectivity index (χ2v) is 5.21. The zero-order valence-electron chi connectivity index (χ0n) is 10.8. The summed E-state index contributed by atoms with van der Waals surface area (Å²) in [6.45, 7) is 1.91. The maximum atomic E-state index is 11.0. The molecule has 2 rings (SSSR count). The van der Waals surface area contributed by atoms with Crippen molar-refractivity contribution in [1.82, 2.24) is 15.0 Å². The Morgan fingerprint density at radius 3 is 2.79 bits per heavy atom. The van der Waals surface area contributed by atoms with Crippen molar-refractivity contribution in [2.75, 3.05) is 36.6 Å². The summed E-state index contributed by atoms with van der Waals surface area (Å²) in [7, 11) is 1.37. The van der Waals surface area contributed by atoms with Crippen molar-refractivity contribution in [2.24, 2.45) is 0 Å². The molecule has 104 valence electrons. The van der Waals surface area contributed by atoms with E-state index in [0.717, 1.165) is 25.9 Å². The molecule has 0 amide bonds. The topological polar surface area (TPSA) is 94.2 Å². The van der Waals surface area contributed by atoms with Gasteiger partial charge in [-0.05, 0) is 12.8 Å². The molecule has 2 heterocycles. The molecule has 1 aromatic rings. The van der Waals surface area contributed by atoms with Gasteiger partial charge in [0, 0.05) is 18.8 Å². The van der Waals surface area contributed by atoms with Crippen molar-refractivity contribution in [3.05, 3.63) is 0 Å². The van der Waals surface area contributed by atoms with Gasteiger partial charge in [0.1, 0.15) is 0 Å². The van der Waals surface area contributed by atoms with E-state index in [2.05, 4.69) is 24.6 Å². The Bertz CT molecular complexity index is 451. The van der Waals surface area contributed by atoms with Gasteiger partial charge in [0.05, 0.1) is 13.5 Å². The van der Waals surface area contributed by atoms with Gasteiger partial charge >= 0.3 is 5.97 Å². The first-order valence-corrected chi connectivity index (χ1v) is 7.13. The molecule has 1 aliphatic rings. The standard InChI is InChI=1S/C11H17N5O2S/c1-18-8(17)4-7-19-11-14-9(12)13-10(15-11)16-5-2-3-6-16/h2-7H2,1H3,(H2,12,13,14,15). The van der Waals surface area contributed by atoms with E-state index in [4.69, 9.17) is 5.73 Å². The molecule has 0 aromatic carbocycles. The molecule has 19 heavy (non-hydrogen) atoms. The number of aromatic nitrogens is 3. The Labute approximate surface area is 116 Å². The van der Waals surface area contributed by atoms with E-state index < -0.39 is 0 Å². The van der Waals surface area contributed by atoms with E-state index in [1.165, 1.54) is 18.9 Å². The minimum Gasteiger partial charge on any atom is -0.469 e. The summed E-state index contributed by atoms with van der Waals surface area (Å²) < 4.78 is 4.58. The molecule has 1 saturated heterocycles. The van der Waals surface area contributed by atoms with E-state index in [-0.39, 0.29) is 11.9 Å². The van der Waals surface area contributed by atoms with Crippen LogP contribution in [-0.4, -0.2) is 46.9 Å². The fourth-order valence-electron chi connectivity index (χ4n) is 1.81. The lowest BCUT2D eigenvalue weighted by molar-refractivity contribution is -0.140. The lowest BCUT2D eigenvalue weighted by Crippen LogP contribution is -2.21. The minimum absolute atomic E-state index is 0.220. The summed E-state index contributed by atoms with van der Waals surface area (Å²) in [5.41, 5.74) is 5.69. The summed E-state index contributed by atoms with van der Waals surface area (Å²) in [6, 6.07) is 0. The summed E-state index contributed by atoms with van der Waals surface area (Å²) in [5.74, 6) is 1.17. The molecule has 0 aliphatic carbocycles. The number of nitrogens with two attached hydrogens (primary N) is 1. The molecule has 1 aromatic heterocycles. The van der Waals surface area contributed by atoms with Crippen molar-refractivity contribution in [3.8, 4) is 0 Å². The number of esters is 1. The average molecular weight is 283 g/mol. The zero-order chi connectivity index (χ0) is 13.7. The van der Waals surface area contributed by atoms with Crippen LogP contribution in [0.3, 0.4) is 0 Å². The molecule has 1 fully saturated rings. The van der Waals surface area contributed by atoms with Crippen molar-refractivity contribution < 1.29 is 9.53 Å². The van der Waals surface area contributed by atoms with Crippen LogP contribution in [0.2, 0.25) is 0 Å². The van der Waals surface area contributed by atoms with Crippen LogP contribution < -0.4 is 10.6 Å². The number of nitrogen functional groups attached to an aromatic ring is 1. The van der Waals surface area contributed by atoms with Crippen LogP contribution in [-0.2, 0) is 9.53 Å². The Morgan fingerprint density at radius 1 is 1.37 bits per heavy atom. The SMILES string of the molecule is COC(=O)CCSc1nc(N)nc(N2CCCC2)n1. The van der Waals surface area contributed by atoms with Crippen LogP contribution in [0.5, 0.6) is 0 Å². The molecule has 0 saturated carbocycles. The fourth-order valence-corrected chi connectivity index (χ4v) is 2.57. The van der Waals surface area contributed by atoms with E-state index in [0.29, 0.717) is 23.3 Å². The minimum atomic E-state index is -0.241. The van der Waals surface area contributed by atoms with E-state index >= 15 is 0 Å². The number of thioether (sulfide) groups is 1. The number of rotatable bonds is 5. The number of carbonyl (C=O) groups is 1. The van der Waals surface area contributed by atoms with Gasteiger partial charge in [0.15, 0.2) is 5.16 Å². The van der Waals surface area contributed by atoms with Crippen molar-refractivity contribution in [2.45, 2.75) is 24.4 Å². The van der Waals surface area contributed by atoms with Gasteiger partial charge in [-0.1, -0.05) is 11.8 Å². The summed E-state index contributed by atoms with van der Waals surface area (Å²) in [6.07, 6.45) is 2.62. The molecular weight excluding hydrogens is 266 g/mol. The molecule has 0 bridgehead atoms. The van der Waals surface area contributed by atoms with E-state index in [1.807, 2.05) is 0 Å². The van der Waals surface area contributed by atoms with Crippen LogP contribution in [0.15, 0.2) is 5.16 Å². The maximum Gasteiger partial charge on any atom is 0.306 e. The van der Waals surface area contributed by atoms with Crippen molar-refractivity contribution in [1.29, 1.82) is 0 Å². The number of nitrogens with zero attached hydrogens (tertiary/aromatic N) is 4. The van der Waals surface area contributed by atoms with Gasteiger partial charge in [0.25, 0.3) is 0 Å². The number of carbonyl (C=O) groups excluding carboxylic acids is 1. The highest BCUT2D eigenvalue weighted by molar-refractivity contribution is 7.99. The summed E-state index contributed by atoms with van der Waals surface area (Å²) in [5, 5.41) is 0.554. The molecule has 7 nitrogen and oxygen atoms in total. The normalized spacial score (nSPS) is 14.7. The molecule has 0 atom stereocenters. The third kappa shape index (κ3) is 3.95. The first kappa shape index (κ1) is 13.9. The summed E-state index contributed by atoms with van der Waals surface area (Å²) >= 11 is 1.38. The number of methoxy groups -OCH3 is 1. The third-order valence-corrected chi connectivity index (χ3v) is 3.62. The van der Waals surface area contributed by atoms with E-state index in [9.17, 15) is 4.79 Å². The lowest BCUT2D eigenvalue weighted by atomic mass is 10.4. The monoisotopic (exact) mass is 283 g/mol. The second kappa shape index (κ2) is 6.55. The molecular formula is C11H17N5O2S. The fraction of sp³-hybridized carbons (Fsp3) is 0.636. The maximum absolute atomic E-state index is 11.0. The molecule has 8 heteroatoms.